The molecule has 0 spiro atoms. The third-order valence-corrected chi connectivity index (χ3v) is 15.3. The van der Waals surface area contributed by atoms with Crippen LogP contribution in [0.15, 0.2) is 43.7 Å². The summed E-state index contributed by atoms with van der Waals surface area (Å²) in [4.78, 5) is 64.9. The highest BCUT2D eigenvalue weighted by atomic mass is 33.1. The number of aromatic nitrogens is 4. The van der Waals surface area contributed by atoms with Crippen molar-refractivity contribution in [2.24, 2.45) is 0 Å². The number of nitrogens with one attached hydrogen (secondary N) is 3. The highest BCUT2D eigenvalue weighted by Crippen LogP contribution is 2.63. The number of aromatic amines is 2. The Kier molecular flexibility index (Phi) is 16.1. The van der Waals surface area contributed by atoms with E-state index in [-0.39, 0.29) is 29.7 Å². The Balaban J connectivity index is 1.25. The van der Waals surface area contributed by atoms with Crippen molar-refractivity contribution < 1.29 is 58.2 Å². The smallest absolute Gasteiger partial charge is 0.389 e. The summed E-state index contributed by atoms with van der Waals surface area (Å²) in [5.74, 6) is -0.0223. The van der Waals surface area contributed by atoms with Gasteiger partial charge in [0.25, 0.3) is 11.1 Å². The van der Waals surface area contributed by atoms with Crippen LogP contribution < -0.4 is 27.8 Å². The van der Waals surface area contributed by atoms with Gasteiger partial charge in [0, 0.05) is 54.8 Å². The molecule has 3 aliphatic rings. The van der Waals surface area contributed by atoms with E-state index in [1.165, 1.54) is 44.0 Å². The van der Waals surface area contributed by atoms with E-state index < -0.39 is 122 Å². The van der Waals surface area contributed by atoms with E-state index in [9.17, 15) is 54.1 Å². The van der Waals surface area contributed by atoms with E-state index >= 15 is 0 Å². The number of nitrogens with zero attached hydrogens (tertiary/aromatic N) is 2. The molecule has 5 unspecified atom stereocenters. The zero-order chi connectivity index (χ0) is 41.6. The summed E-state index contributed by atoms with van der Waals surface area (Å²) < 4.78 is 46.0. The maximum Gasteiger partial charge on any atom is 0.389 e. The summed E-state index contributed by atoms with van der Waals surface area (Å²) in [5, 5.41) is 53.8. The van der Waals surface area contributed by atoms with Gasteiger partial charge in [0.05, 0.1) is 32.0 Å². The molecule has 0 aliphatic carbocycles. The van der Waals surface area contributed by atoms with Crippen molar-refractivity contribution in [3.05, 3.63) is 77.3 Å². The molecule has 3 saturated heterocycles. The van der Waals surface area contributed by atoms with Crippen LogP contribution in [0.3, 0.4) is 0 Å². The predicted octanol–water partition coefficient (Wildman–Crippen LogP) is -1.24. The monoisotopic (exact) mass is 883 g/mol. The van der Waals surface area contributed by atoms with Gasteiger partial charge in [-0.05, 0) is 25.2 Å². The van der Waals surface area contributed by atoms with Gasteiger partial charge in [-0.2, -0.15) is 0 Å². The summed E-state index contributed by atoms with van der Waals surface area (Å²) >= 11 is 0.775. The lowest BCUT2D eigenvalue weighted by atomic mass is 9.98. The molecule has 2 aromatic rings. The third-order valence-electron chi connectivity index (χ3n) is 9.21. The largest absolute Gasteiger partial charge is 0.394 e. The number of carbonyl (C=O) groups is 1. The van der Waals surface area contributed by atoms with Crippen LogP contribution >= 0.6 is 39.8 Å². The molecule has 0 bridgehead atoms. The fourth-order valence-electron chi connectivity index (χ4n) is 6.18. The quantitative estimate of drug-likeness (QED) is 0.0399. The van der Waals surface area contributed by atoms with E-state index in [1.807, 2.05) is 0 Å². The second-order valence-corrected chi connectivity index (χ2v) is 20.0. The van der Waals surface area contributed by atoms with Crippen LogP contribution in [-0.4, -0.2) is 136 Å². The number of aliphatic hydroxyl groups is 5. The van der Waals surface area contributed by atoms with Crippen molar-refractivity contribution in [1.82, 2.24) is 24.4 Å². The fraction of sp³-hybridized carbons (Fsp3) is 0.656. The molecule has 0 saturated carbocycles. The normalized spacial score (nSPS) is 31.5. The molecule has 57 heavy (non-hydrogen) atoms. The Bertz CT molecular complexity index is 2030. The van der Waals surface area contributed by atoms with Crippen LogP contribution in [0.2, 0.25) is 0 Å². The minimum Gasteiger partial charge on any atom is -0.394 e. The van der Waals surface area contributed by atoms with E-state index in [0.29, 0.717) is 5.75 Å². The van der Waals surface area contributed by atoms with Gasteiger partial charge < -0.3 is 45.1 Å². The summed E-state index contributed by atoms with van der Waals surface area (Å²) in [6.07, 6.45) is -4.32. The first-order valence-electron chi connectivity index (χ1n) is 17.7. The number of rotatable bonds is 17. The highest BCUT2D eigenvalue weighted by molar-refractivity contribution is 8.77. The van der Waals surface area contributed by atoms with Gasteiger partial charge in [-0.1, -0.05) is 33.7 Å². The molecule has 5 heterocycles. The number of aryl methyl sites for hydroxylation is 2. The van der Waals surface area contributed by atoms with Crippen LogP contribution in [0.1, 0.15) is 43.3 Å². The number of hydrogen-bond acceptors (Lipinski definition) is 19. The highest BCUT2D eigenvalue weighted by Gasteiger charge is 2.46. The Morgan fingerprint density at radius 2 is 1.47 bits per heavy atom. The lowest BCUT2D eigenvalue weighted by Crippen LogP contribution is -2.62. The molecule has 318 valence electrons. The minimum absolute atomic E-state index is 0.0497. The first-order valence-corrected chi connectivity index (χ1v) is 23.2. The molecule has 0 aromatic carbocycles. The molecule has 8 N–H and O–H groups in total. The van der Waals surface area contributed by atoms with Crippen molar-refractivity contribution in [2.75, 3.05) is 31.3 Å². The number of hydrogen-bond donors (Lipinski definition) is 8. The molecule has 2 aromatic heterocycles. The van der Waals surface area contributed by atoms with Gasteiger partial charge in [0.15, 0.2) is 0 Å². The van der Waals surface area contributed by atoms with Crippen LogP contribution in [0, 0.1) is 13.8 Å². The number of carbonyl (C=O) groups excluding carboxylic acids is 1. The maximum atomic E-state index is 14.4. The second kappa shape index (κ2) is 20.1. The Labute approximate surface area is 336 Å². The van der Waals surface area contributed by atoms with E-state index in [4.69, 9.17) is 23.3 Å². The maximum absolute atomic E-state index is 14.4. The number of amides is 1. The van der Waals surface area contributed by atoms with Crippen LogP contribution in [-0.2, 0) is 32.6 Å². The standard InChI is InChI=1S/C32H46N5O16PS3/c1-15-10-36(31(46)34-28(15)44)23-8-18(41)22(51-23)14-49-54(48,53-19-9-24(50-20(19)12-38)37-11-16(2)29(45)35-32(37)47)55-6-4-5-7-56-57-30-25(33-17(3)40)27(43)26(42)21(13-39)52-30/h4-5,10-11,18-27,30,38-39,41-43H,6-9,12-14H2,1-3H3,(H,33,40)(H,34,44,46)(H,35,45,47)/b5-4-/t18?,19?,20-,21?,22-,23-,24-,25?,26-,27-,30+,54?/m1/s1. The van der Waals surface area contributed by atoms with Gasteiger partial charge in [0.2, 0.25) is 5.91 Å². The minimum atomic E-state index is -4.21. The second-order valence-electron chi connectivity index (χ2n) is 13.4. The van der Waals surface area contributed by atoms with Crippen LogP contribution in [0.5, 0.6) is 0 Å². The topological polar surface area (TPSA) is 303 Å². The molecule has 5 rings (SSSR count). The zero-order valence-corrected chi connectivity index (χ0v) is 34.2. The van der Waals surface area contributed by atoms with Gasteiger partial charge in [-0.3, -0.25) is 42.5 Å². The van der Waals surface area contributed by atoms with E-state index in [2.05, 4.69) is 15.3 Å². The fourth-order valence-corrected chi connectivity index (χ4v) is 11.7. The number of ether oxygens (including phenoxy) is 3. The van der Waals surface area contributed by atoms with E-state index in [1.54, 1.807) is 12.2 Å². The third kappa shape index (κ3) is 11.4. The Morgan fingerprint density at radius 3 is 2.07 bits per heavy atom. The SMILES string of the molecule is CC(=O)NC1[C@@H](O)[C@H](O)C(CO)O[C@H]1SSC/C=C\CSP(=O)(OC[C@H]1O[C@@H](n2cc(C)c(=O)[nH]c2=O)CC1O)OC1C[C@H](n2cc(C)c(=O)[nH]c2=O)O[C@@H]1CO. The summed E-state index contributed by atoms with van der Waals surface area (Å²) in [7, 11) is 2.44. The van der Waals surface area contributed by atoms with Crippen molar-refractivity contribution in [2.45, 2.75) is 100 Å². The number of H-pyrrole nitrogens is 2. The van der Waals surface area contributed by atoms with Crippen molar-refractivity contribution >= 4 is 45.7 Å². The molecule has 0 radical (unpaired) electrons. The average molecular weight is 884 g/mol. The van der Waals surface area contributed by atoms with Gasteiger partial charge in [0.1, 0.15) is 54.5 Å². The van der Waals surface area contributed by atoms with Gasteiger partial charge in [-0.25, -0.2) is 14.2 Å². The first kappa shape index (κ1) is 45.5. The predicted molar refractivity (Wildman–Crippen MR) is 208 cm³/mol. The average Bonchev–Trinajstić information content (AvgIpc) is 3.74. The zero-order valence-electron chi connectivity index (χ0n) is 30.9. The molecule has 25 heteroatoms. The first-order chi connectivity index (χ1) is 27.0. The van der Waals surface area contributed by atoms with Crippen LogP contribution in [0.4, 0.5) is 0 Å². The molecule has 12 atom stereocenters. The lowest BCUT2D eigenvalue weighted by molar-refractivity contribution is -0.173. The van der Waals surface area contributed by atoms with Gasteiger partial charge in [-0.15, -0.1) is 0 Å². The lowest BCUT2D eigenvalue weighted by Gasteiger charge is -2.41. The van der Waals surface area contributed by atoms with Gasteiger partial charge >= 0.3 is 18.2 Å². The van der Waals surface area contributed by atoms with Crippen molar-refractivity contribution in [3.63, 3.8) is 0 Å². The summed E-state index contributed by atoms with van der Waals surface area (Å²) in [5.41, 5.74) is -2.99. The molecule has 3 aliphatic heterocycles. The molecule has 21 nitrogen and oxygen atoms in total. The summed E-state index contributed by atoms with van der Waals surface area (Å²) in [6, 6.07) is -0.953. The molecule has 3 fully saturated rings. The summed E-state index contributed by atoms with van der Waals surface area (Å²) in [6.45, 7) is -1.54. The Morgan fingerprint density at radius 1 is 0.895 bits per heavy atom. The van der Waals surface area contributed by atoms with Crippen LogP contribution in [0.25, 0.3) is 0 Å². The molecular formula is C32H46N5O16PS3. The van der Waals surface area contributed by atoms with E-state index in [0.717, 1.165) is 31.3 Å². The molecular weight excluding hydrogens is 838 g/mol. The number of aliphatic hydroxyl groups excluding tert-OH is 5. The Hall–Kier alpha value is -2.55. The molecule has 1 amide bonds. The van der Waals surface area contributed by atoms with Crippen molar-refractivity contribution in [1.29, 1.82) is 0 Å². The van der Waals surface area contributed by atoms with Crippen molar-refractivity contribution in [3.8, 4) is 0 Å².